The minimum Gasteiger partial charge on any atom is -0.399 e. The zero-order valence-corrected chi connectivity index (χ0v) is 11.8. The smallest absolute Gasteiger partial charge is 0.224 e. The molecule has 3 N–H and O–H groups in total. The van der Waals surface area contributed by atoms with Crippen molar-refractivity contribution in [2.45, 2.75) is 45.6 Å². The molecular formula is C15H24N2O2. The summed E-state index contributed by atoms with van der Waals surface area (Å²) in [5.74, 6) is 0.0107. The molecule has 1 aromatic rings. The fourth-order valence-corrected chi connectivity index (χ4v) is 1.80. The fraction of sp³-hybridized carbons (Fsp3) is 0.533. The fourth-order valence-electron chi connectivity index (χ4n) is 1.80. The molecule has 4 heteroatoms. The Labute approximate surface area is 115 Å². The van der Waals surface area contributed by atoms with E-state index in [-0.39, 0.29) is 12.0 Å². The molecule has 106 valence electrons. The van der Waals surface area contributed by atoms with Crippen LogP contribution in [0.15, 0.2) is 24.3 Å². The van der Waals surface area contributed by atoms with Gasteiger partial charge in [0.25, 0.3) is 0 Å². The summed E-state index contributed by atoms with van der Waals surface area (Å²) in [7, 11) is 0. The third-order valence-electron chi connectivity index (χ3n) is 2.84. The van der Waals surface area contributed by atoms with Crippen LogP contribution < -0.4 is 11.1 Å². The molecule has 0 aliphatic heterocycles. The molecule has 1 rings (SSSR count). The first-order valence-electron chi connectivity index (χ1n) is 6.88. The number of ether oxygens (including phenoxy) is 1. The number of carbonyl (C=O) groups excluding carboxylic acids is 1. The first kappa shape index (κ1) is 15.5. The van der Waals surface area contributed by atoms with Gasteiger partial charge in [-0.25, -0.2) is 0 Å². The molecule has 0 bridgehead atoms. The molecule has 1 atom stereocenters. The largest absolute Gasteiger partial charge is 0.399 e. The summed E-state index contributed by atoms with van der Waals surface area (Å²) >= 11 is 0. The number of nitrogen functional groups attached to an aromatic ring is 1. The summed E-state index contributed by atoms with van der Waals surface area (Å²) in [5, 5.41) is 2.83. The second-order valence-corrected chi connectivity index (χ2v) is 4.74. The Balaban J connectivity index is 2.16. The van der Waals surface area contributed by atoms with Crippen molar-refractivity contribution in [3.8, 4) is 0 Å². The van der Waals surface area contributed by atoms with E-state index in [4.69, 9.17) is 10.5 Å². The van der Waals surface area contributed by atoms with Gasteiger partial charge in [0.15, 0.2) is 0 Å². The van der Waals surface area contributed by atoms with Gasteiger partial charge < -0.3 is 15.8 Å². The summed E-state index contributed by atoms with van der Waals surface area (Å²) in [5.41, 5.74) is 7.05. The number of rotatable bonds is 8. The average molecular weight is 264 g/mol. The lowest BCUT2D eigenvalue weighted by Crippen LogP contribution is -2.14. The zero-order valence-electron chi connectivity index (χ0n) is 11.8. The Morgan fingerprint density at radius 3 is 2.68 bits per heavy atom. The van der Waals surface area contributed by atoms with Crippen molar-refractivity contribution >= 4 is 17.3 Å². The van der Waals surface area contributed by atoms with Crippen LogP contribution in [0.5, 0.6) is 0 Å². The molecule has 0 aliphatic rings. The van der Waals surface area contributed by atoms with Gasteiger partial charge >= 0.3 is 0 Å². The highest BCUT2D eigenvalue weighted by molar-refractivity contribution is 5.90. The molecule has 0 radical (unpaired) electrons. The number of anilines is 2. The summed E-state index contributed by atoms with van der Waals surface area (Å²) in [4.78, 5) is 11.7. The van der Waals surface area contributed by atoms with Gasteiger partial charge in [-0.15, -0.1) is 0 Å². The lowest BCUT2D eigenvalue weighted by molar-refractivity contribution is -0.116. The van der Waals surface area contributed by atoms with Gasteiger partial charge in [-0.05, 0) is 44.0 Å². The van der Waals surface area contributed by atoms with E-state index in [0.29, 0.717) is 18.7 Å². The van der Waals surface area contributed by atoms with E-state index in [2.05, 4.69) is 19.2 Å². The van der Waals surface area contributed by atoms with Crippen molar-refractivity contribution in [1.29, 1.82) is 0 Å². The van der Waals surface area contributed by atoms with Crippen molar-refractivity contribution in [2.24, 2.45) is 0 Å². The van der Waals surface area contributed by atoms with E-state index >= 15 is 0 Å². The lowest BCUT2D eigenvalue weighted by Gasteiger charge is -2.11. The molecule has 1 amide bonds. The topological polar surface area (TPSA) is 64.3 Å². The minimum absolute atomic E-state index is 0.0107. The number of hydrogen-bond acceptors (Lipinski definition) is 3. The highest BCUT2D eigenvalue weighted by Crippen LogP contribution is 2.11. The summed E-state index contributed by atoms with van der Waals surface area (Å²) in [6.45, 7) is 4.84. The first-order chi connectivity index (χ1) is 9.11. The molecule has 19 heavy (non-hydrogen) atoms. The summed E-state index contributed by atoms with van der Waals surface area (Å²) in [6, 6.07) is 7.14. The quantitative estimate of drug-likeness (QED) is 0.560. The van der Waals surface area contributed by atoms with Gasteiger partial charge in [-0.3, -0.25) is 4.79 Å². The maximum Gasteiger partial charge on any atom is 0.224 e. The molecule has 4 nitrogen and oxygen atoms in total. The molecule has 0 spiro atoms. The Hall–Kier alpha value is -1.55. The van der Waals surface area contributed by atoms with Crippen LogP contribution in [0.25, 0.3) is 0 Å². The van der Waals surface area contributed by atoms with E-state index < -0.39 is 0 Å². The van der Waals surface area contributed by atoms with Crippen molar-refractivity contribution < 1.29 is 9.53 Å². The maximum atomic E-state index is 11.7. The molecule has 0 aliphatic carbocycles. The number of nitrogens with one attached hydrogen (secondary N) is 1. The standard InChI is InChI=1S/C15H24N2O2/c1-3-5-12(2)19-11-4-6-15(18)17-14-9-7-13(16)8-10-14/h7-10,12H,3-6,11,16H2,1-2H3,(H,17,18). The van der Waals surface area contributed by atoms with Crippen molar-refractivity contribution in [3.63, 3.8) is 0 Å². The minimum atomic E-state index is 0.0107. The third-order valence-corrected chi connectivity index (χ3v) is 2.84. The highest BCUT2D eigenvalue weighted by Gasteiger charge is 2.04. The number of carbonyl (C=O) groups is 1. The Morgan fingerprint density at radius 1 is 1.37 bits per heavy atom. The molecule has 0 heterocycles. The van der Waals surface area contributed by atoms with Gasteiger partial charge in [0, 0.05) is 24.4 Å². The predicted molar refractivity (Wildman–Crippen MR) is 79.0 cm³/mol. The van der Waals surface area contributed by atoms with E-state index in [1.54, 1.807) is 24.3 Å². The maximum absolute atomic E-state index is 11.7. The lowest BCUT2D eigenvalue weighted by atomic mass is 10.2. The molecule has 0 aromatic heterocycles. The Kier molecular flexibility index (Phi) is 6.97. The average Bonchev–Trinajstić information content (AvgIpc) is 2.38. The normalized spacial score (nSPS) is 12.1. The SMILES string of the molecule is CCCC(C)OCCCC(=O)Nc1ccc(N)cc1. The molecular weight excluding hydrogens is 240 g/mol. The van der Waals surface area contributed by atoms with Crippen LogP contribution in [0.3, 0.4) is 0 Å². The molecule has 0 saturated carbocycles. The number of benzene rings is 1. The zero-order chi connectivity index (χ0) is 14.1. The number of amides is 1. The van der Waals surface area contributed by atoms with Gasteiger partial charge in [0.2, 0.25) is 5.91 Å². The molecule has 1 unspecified atom stereocenters. The van der Waals surface area contributed by atoms with Gasteiger partial charge in [-0.1, -0.05) is 13.3 Å². The Bertz CT molecular complexity index is 376. The first-order valence-corrected chi connectivity index (χ1v) is 6.88. The van der Waals surface area contributed by atoms with Crippen molar-refractivity contribution in [2.75, 3.05) is 17.7 Å². The van der Waals surface area contributed by atoms with Crippen LogP contribution in [0.4, 0.5) is 11.4 Å². The van der Waals surface area contributed by atoms with Crippen LogP contribution in [0.2, 0.25) is 0 Å². The van der Waals surface area contributed by atoms with Crippen LogP contribution in [0, 0.1) is 0 Å². The number of nitrogens with two attached hydrogens (primary N) is 1. The van der Waals surface area contributed by atoms with E-state index in [1.165, 1.54) is 0 Å². The van der Waals surface area contributed by atoms with Gasteiger partial charge in [0.1, 0.15) is 0 Å². The third kappa shape index (κ3) is 6.82. The summed E-state index contributed by atoms with van der Waals surface area (Å²) in [6.07, 6.45) is 3.69. The van der Waals surface area contributed by atoms with Crippen LogP contribution in [-0.4, -0.2) is 18.6 Å². The van der Waals surface area contributed by atoms with E-state index in [9.17, 15) is 4.79 Å². The van der Waals surface area contributed by atoms with Crippen LogP contribution in [-0.2, 0) is 9.53 Å². The predicted octanol–water partition coefficient (Wildman–Crippen LogP) is 3.19. The van der Waals surface area contributed by atoms with E-state index in [1.807, 2.05) is 0 Å². The molecule has 0 saturated heterocycles. The van der Waals surface area contributed by atoms with Gasteiger partial charge in [0.05, 0.1) is 6.10 Å². The van der Waals surface area contributed by atoms with Crippen molar-refractivity contribution in [1.82, 2.24) is 0 Å². The summed E-state index contributed by atoms with van der Waals surface area (Å²) < 4.78 is 5.60. The Morgan fingerprint density at radius 2 is 2.05 bits per heavy atom. The number of hydrogen-bond donors (Lipinski definition) is 2. The second-order valence-electron chi connectivity index (χ2n) is 4.74. The molecule has 0 fully saturated rings. The monoisotopic (exact) mass is 264 g/mol. The molecule has 1 aromatic carbocycles. The second kappa shape index (κ2) is 8.53. The highest BCUT2D eigenvalue weighted by atomic mass is 16.5. The van der Waals surface area contributed by atoms with Crippen molar-refractivity contribution in [3.05, 3.63) is 24.3 Å². The van der Waals surface area contributed by atoms with Crippen LogP contribution >= 0.6 is 0 Å². The van der Waals surface area contributed by atoms with Gasteiger partial charge in [-0.2, -0.15) is 0 Å². The van der Waals surface area contributed by atoms with Crippen LogP contribution in [0.1, 0.15) is 39.5 Å². The van der Waals surface area contributed by atoms with E-state index in [0.717, 1.165) is 24.9 Å².